The van der Waals surface area contributed by atoms with Crippen LogP contribution in [0.15, 0.2) is 22.7 Å². The van der Waals surface area contributed by atoms with Crippen LogP contribution < -0.4 is 5.32 Å². The number of hydrogen-bond donors (Lipinski definition) is 1. The monoisotopic (exact) mass is 303 g/mol. The van der Waals surface area contributed by atoms with Crippen LogP contribution in [0, 0.1) is 5.82 Å². The molecule has 0 amide bonds. The molecular weight excluding hydrogens is 289 g/mol. The number of thioether (sulfide) groups is 1. The predicted octanol–water partition coefficient (Wildman–Crippen LogP) is 3.57. The average molecular weight is 304 g/mol. The number of nitrogens with one attached hydrogen (secondary N) is 1. The first-order valence-corrected chi connectivity index (χ1v) is 7.28. The summed E-state index contributed by atoms with van der Waals surface area (Å²) in [4.78, 5) is 0. The van der Waals surface area contributed by atoms with Gasteiger partial charge in [0.2, 0.25) is 0 Å². The minimum atomic E-state index is -0.130. The lowest BCUT2D eigenvalue weighted by Crippen LogP contribution is -2.28. The van der Waals surface area contributed by atoms with Crippen LogP contribution >= 0.6 is 27.7 Å². The van der Waals surface area contributed by atoms with Crippen molar-refractivity contribution in [3.8, 4) is 0 Å². The van der Waals surface area contributed by atoms with Crippen LogP contribution in [-0.2, 0) is 6.54 Å². The van der Waals surface area contributed by atoms with Crippen molar-refractivity contribution >= 4 is 27.7 Å². The van der Waals surface area contributed by atoms with E-state index < -0.39 is 0 Å². The minimum absolute atomic E-state index is 0.130. The predicted molar refractivity (Wildman–Crippen MR) is 71.3 cm³/mol. The third kappa shape index (κ3) is 3.22. The van der Waals surface area contributed by atoms with E-state index in [9.17, 15) is 4.39 Å². The Hall–Kier alpha value is -0.0600. The van der Waals surface area contributed by atoms with Gasteiger partial charge >= 0.3 is 0 Å². The van der Waals surface area contributed by atoms with Crippen molar-refractivity contribution in [3.63, 3.8) is 0 Å². The van der Waals surface area contributed by atoms with Crippen molar-refractivity contribution in [1.82, 2.24) is 5.32 Å². The standard InChI is InChI=1S/C12H15BrFNS/c1-8-4-11(7-16-8)15-6-9-5-10(13)2-3-12(9)14/h2-3,5,8,11,15H,4,6-7H2,1H3. The van der Waals surface area contributed by atoms with Crippen molar-refractivity contribution in [2.24, 2.45) is 0 Å². The zero-order valence-corrected chi connectivity index (χ0v) is 11.6. The van der Waals surface area contributed by atoms with Crippen LogP contribution in [0.1, 0.15) is 18.9 Å². The Bertz CT molecular complexity index is 372. The third-order valence-electron chi connectivity index (χ3n) is 2.79. The summed E-state index contributed by atoms with van der Waals surface area (Å²) in [5.41, 5.74) is 0.735. The van der Waals surface area contributed by atoms with Crippen molar-refractivity contribution in [2.45, 2.75) is 31.2 Å². The highest BCUT2D eigenvalue weighted by Crippen LogP contribution is 2.26. The fraction of sp³-hybridized carbons (Fsp3) is 0.500. The molecule has 16 heavy (non-hydrogen) atoms. The quantitative estimate of drug-likeness (QED) is 0.916. The molecule has 1 nitrogen and oxygen atoms in total. The number of halogens is 2. The molecule has 1 N–H and O–H groups in total. The second-order valence-electron chi connectivity index (χ2n) is 4.19. The molecule has 4 heteroatoms. The maximum atomic E-state index is 13.5. The normalized spacial score (nSPS) is 24.9. The lowest BCUT2D eigenvalue weighted by atomic mass is 10.1. The zero-order chi connectivity index (χ0) is 11.5. The third-order valence-corrected chi connectivity index (χ3v) is 4.64. The van der Waals surface area contributed by atoms with E-state index in [1.807, 2.05) is 17.8 Å². The molecule has 1 saturated heterocycles. The van der Waals surface area contributed by atoms with E-state index in [1.54, 1.807) is 6.07 Å². The molecule has 1 heterocycles. The van der Waals surface area contributed by atoms with Gasteiger partial charge in [-0.15, -0.1) is 0 Å². The summed E-state index contributed by atoms with van der Waals surface area (Å²) in [6.45, 7) is 2.86. The Kier molecular flexibility index (Phi) is 4.27. The Labute approximate surface area is 108 Å². The fourth-order valence-corrected chi connectivity index (χ4v) is 3.48. The smallest absolute Gasteiger partial charge is 0.127 e. The van der Waals surface area contributed by atoms with Gasteiger partial charge in [0.1, 0.15) is 5.82 Å². The highest BCUT2D eigenvalue weighted by Gasteiger charge is 2.21. The largest absolute Gasteiger partial charge is 0.309 e. The van der Waals surface area contributed by atoms with Crippen molar-refractivity contribution in [1.29, 1.82) is 0 Å². The van der Waals surface area contributed by atoms with Crippen LogP contribution in [0.5, 0.6) is 0 Å². The summed E-state index contributed by atoms with van der Waals surface area (Å²) >= 11 is 5.34. The second-order valence-corrected chi connectivity index (χ2v) is 6.58. The Morgan fingerprint density at radius 2 is 2.38 bits per heavy atom. The molecule has 0 radical (unpaired) electrons. The molecule has 0 bridgehead atoms. The van der Waals surface area contributed by atoms with Gasteiger partial charge in [-0.3, -0.25) is 0 Å². The first-order chi connectivity index (χ1) is 7.65. The fourth-order valence-electron chi connectivity index (χ4n) is 1.89. The summed E-state index contributed by atoms with van der Waals surface area (Å²) in [7, 11) is 0. The van der Waals surface area contributed by atoms with Gasteiger partial charge in [-0.1, -0.05) is 22.9 Å². The lowest BCUT2D eigenvalue weighted by Gasteiger charge is -2.12. The average Bonchev–Trinajstić information content (AvgIpc) is 2.66. The minimum Gasteiger partial charge on any atom is -0.309 e. The van der Waals surface area contributed by atoms with Gasteiger partial charge in [0.15, 0.2) is 0 Å². The zero-order valence-electron chi connectivity index (χ0n) is 9.17. The van der Waals surface area contributed by atoms with Gasteiger partial charge in [-0.2, -0.15) is 11.8 Å². The Balaban J connectivity index is 1.91. The van der Waals surface area contributed by atoms with E-state index in [1.165, 1.54) is 12.5 Å². The van der Waals surface area contributed by atoms with Crippen LogP contribution in [-0.4, -0.2) is 17.0 Å². The molecule has 0 spiro atoms. The van der Waals surface area contributed by atoms with E-state index in [0.717, 1.165) is 21.0 Å². The van der Waals surface area contributed by atoms with Crippen LogP contribution in [0.25, 0.3) is 0 Å². The highest BCUT2D eigenvalue weighted by atomic mass is 79.9. The van der Waals surface area contributed by atoms with E-state index in [2.05, 4.69) is 28.2 Å². The van der Waals surface area contributed by atoms with Gasteiger partial charge in [-0.25, -0.2) is 4.39 Å². The van der Waals surface area contributed by atoms with Crippen molar-refractivity contribution in [3.05, 3.63) is 34.1 Å². The van der Waals surface area contributed by atoms with Gasteiger partial charge in [-0.05, 0) is 24.6 Å². The topological polar surface area (TPSA) is 12.0 Å². The molecular formula is C12H15BrFNS. The number of hydrogen-bond acceptors (Lipinski definition) is 2. The van der Waals surface area contributed by atoms with Crippen LogP contribution in [0.3, 0.4) is 0 Å². The van der Waals surface area contributed by atoms with Crippen LogP contribution in [0.4, 0.5) is 4.39 Å². The summed E-state index contributed by atoms with van der Waals surface area (Å²) in [6, 6.07) is 5.60. The first-order valence-electron chi connectivity index (χ1n) is 5.44. The molecule has 1 fully saturated rings. The molecule has 0 aliphatic carbocycles. The molecule has 1 aromatic carbocycles. The second kappa shape index (κ2) is 5.52. The van der Waals surface area contributed by atoms with E-state index >= 15 is 0 Å². The van der Waals surface area contributed by atoms with E-state index in [-0.39, 0.29) is 5.82 Å². The maximum absolute atomic E-state index is 13.5. The van der Waals surface area contributed by atoms with Gasteiger partial charge in [0.25, 0.3) is 0 Å². The molecule has 88 valence electrons. The van der Waals surface area contributed by atoms with Crippen molar-refractivity contribution < 1.29 is 4.39 Å². The molecule has 1 aromatic rings. The molecule has 0 saturated carbocycles. The van der Waals surface area contributed by atoms with Gasteiger partial charge in [0, 0.05) is 33.6 Å². The summed E-state index contributed by atoms with van der Waals surface area (Å²) in [5.74, 6) is 1.01. The Morgan fingerprint density at radius 1 is 1.56 bits per heavy atom. The highest BCUT2D eigenvalue weighted by molar-refractivity contribution is 9.10. The summed E-state index contributed by atoms with van der Waals surface area (Å²) in [5, 5.41) is 4.14. The van der Waals surface area contributed by atoms with Crippen LogP contribution in [0.2, 0.25) is 0 Å². The summed E-state index contributed by atoms with van der Waals surface area (Å²) in [6.07, 6.45) is 1.18. The summed E-state index contributed by atoms with van der Waals surface area (Å²) < 4.78 is 14.4. The van der Waals surface area contributed by atoms with E-state index in [0.29, 0.717) is 12.6 Å². The number of benzene rings is 1. The van der Waals surface area contributed by atoms with Gasteiger partial charge in [0.05, 0.1) is 0 Å². The van der Waals surface area contributed by atoms with Gasteiger partial charge < -0.3 is 5.32 Å². The number of rotatable bonds is 3. The van der Waals surface area contributed by atoms with Crippen molar-refractivity contribution in [2.75, 3.05) is 5.75 Å². The lowest BCUT2D eigenvalue weighted by molar-refractivity contribution is 0.521. The van der Waals surface area contributed by atoms with E-state index in [4.69, 9.17) is 0 Å². The molecule has 2 unspecified atom stereocenters. The molecule has 1 aliphatic heterocycles. The SMILES string of the molecule is CC1CC(NCc2cc(Br)ccc2F)CS1. The molecule has 0 aromatic heterocycles. The molecule has 2 rings (SSSR count). The Morgan fingerprint density at radius 3 is 3.06 bits per heavy atom. The molecule has 2 atom stereocenters. The maximum Gasteiger partial charge on any atom is 0.127 e. The first kappa shape index (κ1) is 12.4. The molecule has 1 aliphatic rings.